The molecular formula is C13H18ClNO4S. The minimum Gasteiger partial charge on any atom is -0.495 e. The number of benzene rings is 1. The van der Waals surface area contributed by atoms with E-state index < -0.39 is 10.0 Å². The number of morpholine rings is 1. The quantitative estimate of drug-likeness (QED) is 0.856. The smallest absolute Gasteiger partial charge is 0.243 e. The Labute approximate surface area is 124 Å². The highest BCUT2D eigenvalue weighted by atomic mass is 35.5. The summed E-state index contributed by atoms with van der Waals surface area (Å²) in [5.41, 5.74) is 0. The van der Waals surface area contributed by atoms with Crippen molar-refractivity contribution in [3.05, 3.63) is 23.2 Å². The van der Waals surface area contributed by atoms with Crippen LogP contribution in [0, 0.1) is 0 Å². The van der Waals surface area contributed by atoms with Crippen molar-refractivity contribution in [1.29, 1.82) is 0 Å². The average Bonchev–Trinajstić information content (AvgIpc) is 2.38. The van der Waals surface area contributed by atoms with Crippen LogP contribution in [-0.4, -0.2) is 45.1 Å². The molecule has 0 aliphatic carbocycles. The zero-order chi connectivity index (χ0) is 14.9. The van der Waals surface area contributed by atoms with Crippen LogP contribution in [0.1, 0.15) is 13.8 Å². The molecule has 2 rings (SSSR count). The molecule has 0 spiro atoms. The maximum absolute atomic E-state index is 12.7. The number of hydrogen-bond donors (Lipinski definition) is 0. The van der Waals surface area contributed by atoms with Gasteiger partial charge >= 0.3 is 0 Å². The van der Waals surface area contributed by atoms with Crippen molar-refractivity contribution in [3.63, 3.8) is 0 Å². The molecule has 2 unspecified atom stereocenters. The van der Waals surface area contributed by atoms with Crippen LogP contribution in [0.2, 0.25) is 5.02 Å². The third-order valence-corrected chi connectivity index (χ3v) is 5.71. The first-order valence-electron chi connectivity index (χ1n) is 6.32. The lowest BCUT2D eigenvalue weighted by Gasteiger charge is -2.37. The van der Waals surface area contributed by atoms with Crippen LogP contribution in [0.3, 0.4) is 0 Å². The standard InChI is InChI=1S/C13H18ClNO4S/c1-9-7-19-8-10(2)15(9)20(16,17)11-4-5-13(18-3)12(14)6-11/h4-6,9-10H,7-8H2,1-3H3. The van der Waals surface area contributed by atoms with Gasteiger partial charge in [0.1, 0.15) is 5.75 Å². The van der Waals surface area contributed by atoms with Crippen molar-refractivity contribution < 1.29 is 17.9 Å². The lowest BCUT2D eigenvalue weighted by Crippen LogP contribution is -2.52. The maximum atomic E-state index is 12.7. The lowest BCUT2D eigenvalue weighted by atomic mass is 10.2. The Bertz CT molecular complexity index is 580. The highest BCUT2D eigenvalue weighted by molar-refractivity contribution is 7.89. The minimum absolute atomic E-state index is 0.170. The van der Waals surface area contributed by atoms with E-state index in [4.69, 9.17) is 21.1 Å². The fourth-order valence-electron chi connectivity index (χ4n) is 2.39. The van der Waals surface area contributed by atoms with Crippen LogP contribution in [0.4, 0.5) is 0 Å². The first-order chi connectivity index (χ1) is 9.37. The summed E-state index contributed by atoms with van der Waals surface area (Å²) >= 11 is 6.01. The molecule has 0 saturated carbocycles. The van der Waals surface area contributed by atoms with Gasteiger partial charge in [-0.1, -0.05) is 11.6 Å². The van der Waals surface area contributed by atoms with Crippen molar-refractivity contribution in [3.8, 4) is 5.75 Å². The molecule has 1 heterocycles. The number of halogens is 1. The summed E-state index contributed by atoms with van der Waals surface area (Å²) in [4.78, 5) is 0.170. The number of nitrogens with zero attached hydrogens (tertiary/aromatic N) is 1. The topological polar surface area (TPSA) is 55.8 Å². The Morgan fingerprint density at radius 3 is 2.40 bits per heavy atom. The van der Waals surface area contributed by atoms with Gasteiger partial charge in [-0.05, 0) is 32.0 Å². The fourth-order valence-corrected chi connectivity index (χ4v) is 4.54. The minimum atomic E-state index is -3.59. The molecule has 5 nitrogen and oxygen atoms in total. The highest BCUT2D eigenvalue weighted by Crippen LogP contribution is 2.30. The fraction of sp³-hybridized carbons (Fsp3) is 0.538. The summed E-state index contributed by atoms with van der Waals surface area (Å²) in [6.45, 7) is 4.46. The Kier molecular flexibility index (Phi) is 4.59. The Balaban J connectivity index is 2.41. The molecule has 1 aromatic carbocycles. The van der Waals surface area contributed by atoms with Crippen molar-refractivity contribution in [2.45, 2.75) is 30.8 Å². The van der Waals surface area contributed by atoms with Gasteiger partial charge in [0.05, 0.1) is 30.2 Å². The molecule has 0 N–H and O–H groups in total. The van der Waals surface area contributed by atoms with E-state index in [1.54, 1.807) is 6.07 Å². The molecule has 112 valence electrons. The van der Waals surface area contributed by atoms with Crippen molar-refractivity contribution in [1.82, 2.24) is 4.31 Å². The largest absolute Gasteiger partial charge is 0.495 e. The van der Waals surface area contributed by atoms with Crippen LogP contribution in [0.25, 0.3) is 0 Å². The molecule has 20 heavy (non-hydrogen) atoms. The van der Waals surface area contributed by atoms with Crippen molar-refractivity contribution in [2.24, 2.45) is 0 Å². The van der Waals surface area contributed by atoms with E-state index in [9.17, 15) is 8.42 Å². The summed E-state index contributed by atoms with van der Waals surface area (Å²) in [6, 6.07) is 4.08. The van der Waals surface area contributed by atoms with Crippen LogP contribution < -0.4 is 4.74 Å². The van der Waals surface area contributed by atoms with E-state index in [-0.39, 0.29) is 22.0 Å². The van der Waals surface area contributed by atoms with Crippen molar-refractivity contribution in [2.75, 3.05) is 20.3 Å². The Morgan fingerprint density at radius 2 is 1.90 bits per heavy atom. The van der Waals surface area contributed by atoms with Gasteiger partial charge in [0, 0.05) is 12.1 Å². The predicted octanol–water partition coefficient (Wildman–Crippen LogP) is 2.15. The van der Waals surface area contributed by atoms with Crippen molar-refractivity contribution >= 4 is 21.6 Å². The zero-order valence-corrected chi connectivity index (χ0v) is 13.2. The second-order valence-electron chi connectivity index (χ2n) is 4.87. The van der Waals surface area contributed by atoms with Gasteiger partial charge < -0.3 is 9.47 Å². The molecular weight excluding hydrogens is 302 g/mol. The number of methoxy groups -OCH3 is 1. The molecule has 0 amide bonds. The monoisotopic (exact) mass is 319 g/mol. The first-order valence-corrected chi connectivity index (χ1v) is 8.14. The summed E-state index contributed by atoms with van der Waals surface area (Å²) in [5, 5.41) is 0.280. The Morgan fingerprint density at radius 1 is 1.30 bits per heavy atom. The maximum Gasteiger partial charge on any atom is 0.243 e. The van der Waals surface area contributed by atoms with Gasteiger partial charge in [-0.3, -0.25) is 0 Å². The van der Waals surface area contributed by atoms with E-state index in [0.717, 1.165) is 0 Å². The Hall–Kier alpha value is -0.820. The predicted molar refractivity (Wildman–Crippen MR) is 76.8 cm³/mol. The summed E-state index contributed by atoms with van der Waals surface area (Å²) < 4.78 is 37.3. The second kappa shape index (κ2) is 5.89. The first kappa shape index (κ1) is 15.6. The molecule has 1 aromatic rings. The summed E-state index contributed by atoms with van der Waals surface area (Å²) in [6.07, 6.45) is 0. The summed E-state index contributed by atoms with van der Waals surface area (Å²) in [7, 11) is -2.11. The molecule has 1 saturated heterocycles. The molecule has 2 atom stereocenters. The van der Waals surface area contributed by atoms with Gasteiger partial charge in [0.2, 0.25) is 10.0 Å². The molecule has 0 bridgehead atoms. The van der Waals surface area contributed by atoms with Gasteiger partial charge in [0.25, 0.3) is 0 Å². The van der Waals surface area contributed by atoms with Gasteiger partial charge in [0.15, 0.2) is 0 Å². The second-order valence-corrected chi connectivity index (χ2v) is 7.12. The third-order valence-electron chi connectivity index (χ3n) is 3.29. The third kappa shape index (κ3) is 2.79. The molecule has 0 aromatic heterocycles. The number of rotatable bonds is 3. The van der Waals surface area contributed by atoms with Crippen LogP contribution in [0.5, 0.6) is 5.75 Å². The van der Waals surface area contributed by atoms with E-state index in [2.05, 4.69) is 0 Å². The van der Waals surface area contributed by atoms with Crippen LogP contribution >= 0.6 is 11.6 Å². The molecule has 1 fully saturated rings. The van der Waals surface area contributed by atoms with E-state index in [0.29, 0.717) is 19.0 Å². The van der Waals surface area contributed by atoms with Crippen LogP contribution in [-0.2, 0) is 14.8 Å². The zero-order valence-electron chi connectivity index (χ0n) is 11.7. The molecule has 1 aliphatic rings. The number of hydrogen-bond acceptors (Lipinski definition) is 4. The van der Waals surface area contributed by atoms with Gasteiger partial charge in [-0.15, -0.1) is 0 Å². The highest BCUT2D eigenvalue weighted by Gasteiger charge is 2.36. The number of sulfonamides is 1. The van der Waals surface area contributed by atoms with Gasteiger partial charge in [-0.25, -0.2) is 8.42 Å². The summed E-state index contributed by atoms with van der Waals surface area (Å²) in [5.74, 6) is 0.452. The average molecular weight is 320 g/mol. The SMILES string of the molecule is COc1ccc(S(=O)(=O)N2C(C)COCC2C)cc1Cl. The van der Waals surface area contributed by atoms with E-state index >= 15 is 0 Å². The van der Waals surface area contributed by atoms with E-state index in [1.807, 2.05) is 13.8 Å². The molecule has 7 heteroatoms. The normalized spacial score (nSPS) is 24.6. The molecule has 1 aliphatic heterocycles. The van der Waals surface area contributed by atoms with Crippen LogP contribution in [0.15, 0.2) is 23.1 Å². The number of ether oxygens (including phenoxy) is 2. The van der Waals surface area contributed by atoms with E-state index in [1.165, 1.54) is 23.5 Å². The lowest BCUT2D eigenvalue weighted by molar-refractivity contribution is 0.00636. The van der Waals surface area contributed by atoms with Gasteiger partial charge in [-0.2, -0.15) is 4.31 Å². The molecule has 0 radical (unpaired) electrons.